The van der Waals surface area contributed by atoms with Crippen molar-refractivity contribution in [2.75, 3.05) is 0 Å². The van der Waals surface area contributed by atoms with Crippen molar-refractivity contribution in [2.45, 2.75) is 32.7 Å². The molecule has 0 saturated heterocycles. The van der Waals surface area contributed by atoms with E-state index in [9.17, 15) is 19.1 Å². The Morgan fingerprint density at radius 2 is 1.96 bits per heavy atom. The smallest absolute Gasteiger partial charge is 0.330 e. The van der Waals surface area contributed by atoms with Gasteiger partial charge in [0.1, 0.15) is 5.82 Å². The molecule has 1 aromatic heterocycles. The predicted octanol–water partition coefficient (Wildman–Crippen LogP) is 2.20. The molecule has 1 unspecified atom stereocenters. The molecule has 0 bridgehead atoms. The maximum absolute atomic E-state index is 13.0. The summed E-state index contributed by atoms with van der Waals surface area (Å²) in [4.78, 5) is 28.3. The van der Waals surface area contributed by atoms with Crippen LogP contribution in [0.5, 0.6) is 0 Å². The molecule has 1 heterocycles. The van der Waals surface area contributed by atoms with Crippen LogP contribution in [0.3, 0.4) is 0 Å². The van der Waals surface area contributed by atoms with Gasteiger partial charge in [0, 0.05) is 0 Å². The monoisotopic (exact) mass is 347 g/mol. The molecular formula is C17H18FN3O4. The average Bonchev–Trinajstić information content (AvgIpc) is 2.87. The highest BCUT2D eigenvalue weighted by molar-refractivity contribution is 5.89. The van der Waals surface area contributed by atoms with Crippen molar-refractivity contribution in [3.05, 3.63) is 47.4 Å². The van der Waals surface area contributed by atoms with Crippen LogP contribution in [0, 0.1) is 24.1 Å². The van der Waals surface area contributed by atoms with E-state index in [1.54, 1.807) is 6.92 Å². The quantitative estimate of drug-likeness (QED) is 0.859. The number of hydrogen-bond acceptors (Lipinski definition) is 5. The molecule has 1 saturated carbocycles. The number of hydrogen-bond donors (Lipinski definition) is 2. The lowest BCUT2D eigenvalue weighted by molar-refractivity contribution is -0.142. The summed E-state index contributed by atoms with van der Waals surface area (Å²) in [5.74, 6) is -2.01. The summed E-state index contributed by atoms with van der Waals surface area (Å²) < 4.78 is 18.2. The number of carbonyl (C=O) groups excluding carboxylic acids is 1. The van der Waals surface area contributed by atoms with Crippen LogP contribution in [0.15, 0.2) is 28.8 Å². The summed E-state index contributed by atoms with van der Waals surface area (Å²) in [6.07, 6.45) is 0. The number of carboxylic acid groups (broad SMARTS) is 1. The molecule has 132 valence electrons. The molecular weight excluding hydrogens is 329 g/mol. The maximum Gasteiger partial charge on any atom is 0.330 e. The predicted molar refractivity (Wildman–Crippen MR) is 84.0 cm³/mol. The number of halogens is 1. The van der Waals surface area contributed by atoms with Crippen LogP contribution in [0.4, 0.5) is 4.39 Å². The average molecular weight is 347 g/mol. The largest absolute Gasteiger partial charge is 0.479 e. The Morgan fingerprint density at radius 3 is 2.48 bits per heavy atom. The van der Waals surface area contributed by atoms with Crippen molar-refractivity contribution in [2.24, 2.45) is 11.3 Å². The summed E-state index contributed by atoms with van der Waals surface area (Å²) >= 11 is 0. The summed E-state index contributed by atoms with van der Waals surface area (Å²) in [7, 11) is 0. The minimum Gasteiger partial charge on any atom is -0.479 e. The number of aromatic nitrogens is 2. The van der Waals surface area contributed by atoms with Gasteiger partial charge in [0.25, 0.3) is 0 Å². The first-order valence-corrected chi connectivity index (χ1v) is 7.80. The summed E-state index contributed by atoms with van der Waals surface area (Å²) in [6.45, 7) is 5.46. The van der Waals surface area contributed by atoms with Crippen molar-refractivity contribution in [3.63, 3.8) is 0 Å². The highest BCUT2D eigenvalue weighted by Gasteiger charge is 2.65. The molecule has 0 spiro atoms. The molecule has 25 heavy (non-hydrogen) atoms. The summed E-state index contributed by atoms with van der Waals surface area (Å²) in [5, 5.41) is 15.7. The Hall–Kier alpha value is -2.77. The zero-order valence-corrected chi connectivity index (χ0v) is 14.0. The van der Waals surface area contributed by atoms with Crippen LogP contribution in [0.2, 0.25) is 0 Å². The van der Waals surface area contributed by atoms with E-state index in [2.05, 4.69) is 15.5 Å². The number of nitrogens with one attached hydrogen (secondary N) is 1. The molecule has 7 nitrogen and oxygen atoms in total. The molecule has 2 aromatic rings. The van der Waals surface area contributed by atoms with Crippen LogP contribution in [-0.2, 0) is 9.59 Å². The van der Waals surface area contributed by atoms with Gasteiger partial charge in [-0.2, -0.15) is 4.98 Å². The first-order valence-electron chi connectivity index (χ1n) is 7.80. The van der Waals surface area contributed by atoms with Gasteiger partial charge in [-0.15, -0.1) is 0 Å². The molecule has 1 amide bonds. The van der Waals surface area contributed by atoms with Crippen molar-refractivity contribution < 1.29 is 23.6 Å². The number of rotatable bonds is 5. The van der Waals surface area contributed by atoms with E-state index in [-0.39, 0.29) is 5.92 Å². The number of nitrogens with zero attached hydrogens (tertiary/aromatic N) is 2. The number of aryl methyl sites for hydroxylation is 1. The first kappa shape index (κ1) is 17.1. The number of amides is 1. The normalized spacial score (nSPS) is 22.2. The molecule has 0 radical (unpaired) electrons. The van der Waals surface area contributed by atoms with Crippen molar-refractivity contribution >= 4 is 11.9 Å². The highest BCUT2D eigenvalue weighted by Crippen LogP contribution is 2.64. The molecule has 8 heteroatoms. The molecule has 1 fully saturated rings. The fraction of sp³-hybridized carbons (Fsp3) is 0.412. The van der Waals surface area contributed by atoms with Gasteiger partial charge in [0.15, 0.2) is 11.9 Å². The second kappa shape index (κ2) is 5.94. The van der Waals surface area contributed by atoms with E-state index < -0.39 is 35.1 Å². The van der Waals surface area contributed by atoms with Gasteiger partial charge < -0.3 is 14.9 Å². The van der Waals surface area contributed by atoms with Gasteiger partial charge in [-0.25, -0.2) is 9.18 Å². The molecule has 1 aliphatic carbocycles. The lowest BCUT2D eigenvalue weighted by atomic mass is 10.1. The lowest BCUT2D eigenvalue weighted by Crippen LogP contribution is -2.35. The summed E-state index contributed by atoms with van der Waals surface area (Å²) in [6, 6.07) is 3.73. The number of aliphatic carboxylic acids is 1. The number of benzene rings is 1. The van der Waals surface area contributed by atoms with Gasteiger partial charge in [-0.3, -0.25) is 4.79 Å². The fourth-order valence-corrected chi connectivity index (χ4v) is 3.20. The molecule has 0 aliphatic heterocycles. The van der Waals surface area contributed by atoms with Gasteiger partial charge in [0.05, 0.1) is 11.8 Å². The maximum atomic E-state index is 13.0. The Morgan fingerprint density at radius 1 is 1.32 bits per heavy atom. The third kappa shape index (κ3) is 3.11. The standard InChI is InChI=1S/C17H18FN3O4/c1-8-19-15(25-21-8)12-11(17(12,2)3)14(22)20-13(16(23)24)9-4-6-10(18)7-5-9/h4-7,11-13H,1-3H3,(H,20,22)(H,23,24)/t11-,12+,13?/m1/s1. The van der Waals surface area contributed by atoms with Gasteiger partial charge in [-0.05, 0) is 30.0 Å². The SMILES string of the molecule is Cc1noc([C@@H]2[C@H](C(=O)NC(C(=O)O)c3ccc(F)cc3)C2(C)C)n1. The molecule has 3 atom stereocenters. The molecule has 2 N–H and O–H groups in total. The van der Waals surface area contributed by atoms with Crippen molar-refractivity contribution in [1.82, 2.24) is 15.5 Å². The van der Waals surface area contributed by atoms with Crippen LogP contribution in [-0.4, -0.2) is 27.1 Å². The van der Waals surface area contributed by atoms with E-state index in [1.807, 2.05) is 13.8 Å². The third-order valence-corrected chi connectivity index (χ3v) is 4.66. The topological polar surface area (TPSA) is 105 Å². The van der Waals surface area contributed by atoms with E-state index in [1.165, 1.54) is 12.1 Å². The molecule has 1 aromatic carbocycles. The van der Waals surface area contributed by atoms with Crippen LogP contribution >= 0.6 is 0 Å². The van der Waals surface area contributed by atoms with Crippen LogP contribution in [0.1, 0.15) is 43.1 Å². The zero-order chi connectivity index (χ0) is 18.4. The van der Waals surface area contributed by atoms with Crippen LogP contribution < -0.4 is 5.32 Å². The fourth-order valence-electron chi connectivity index (χ4n) is 3.20. The Kier molecular flexibility index (Phi) is 4.06. The highest BCUT2D eigenvalue weighted by atomic mass is 19.1. The molecule has 1 aliphatic rings. The Bertz CT molecular complexity index is 816. The number of carbonyl (C=O) groups is 2. The third-order valence-electron chi connectivity index (χ3n) is 4.66. The minimum absolute atomic E-state index is 0.267. The van der Waals surface area contributed by atoms with E-state index in [4.69, 9.17) is 4.52 Å². The van der Waals surface area contributed by atoms with Gasteiger partial charge in [-0.1, -0.05) is 31.1 Å². The van der Waals surface area contributed by atoms with Crippen molar-refractivity contribution in [1.29, 1.82) is 0 Å². The minimum atomic E-state index is -1.26. The van der Waals surface area contributed by atoms with Gasteiger partial charge >= 0.3 is 5.97 Å². The second-order valence-electron chi connectivity index (χ2n) is 6.79. The summed E-state index contributed by atoms with van der Waals surface area (Å²) in [5.41, 5.74) is -0.125. The Balaban J connectivity index is 1.78. The first-order chi connectivity index (χ1) is 11.7. The van der Waals surface area contributed by atoms with E-state index in [0.29, 0.717) is 17.3 Å². The zero-order valence-electron chi connectivity index (χ0n) is 14.0. The van der Waals surface area contributed by atoms with E-state index in [0.717, 1.165) is 12.1 Å². The second-order valence-corrected chi connectivity index (χ2v) is 6.79. The lowest BCUT2D eigenvalue weighted by Gasteiger charge is -2.15. The number of carboxylic acids is 1. The van der Waals surface area contributed by atoms with E-state index >= 15 is 0 Å². The van der Waals surface area contributed by atoms with Gasteiger partial charge in [0.2, 0.25) is 11.8 Å². The Labute approximate surface area is 143 Å². The molecule has 3 rings (SSSR count). The van der Waals surface area contributed by atoms with Crippen molar-refractivity contribution in [3.8, 4) is 0 Å². The van der Waals surface area contributed by atoms with Crippen LogP contribution in [0.25, 0.3) is 0 Å².